The summed E-state index contributed by atoms with van der Waals surface area (Å²) in [6.07, 6.45) is 1.28. The molecule has 0 spiro atoms. The molecule has 150 valence electrons. The number of hydrogen-bond donors (Lipinski definition) is 1. The monoisotopic (exact) mass is 406 g/mol. The van der Waals surface area contributed by atoms with E-state index >= 15 is 0 Å². The highest BCUT2D eigenvalue weighted by molar-refractivity contribution is 7.89. The molecule has 2 aromatic rings. The number of carbonyl (C=O) groups is 1. The maximum Gasteiger partial charge on any atom is 0.243 e. The van der Waals surface area contributed by atoms with Crippen molar-refractivity contribution in [3.05, 3.63) is 60.4 Å². The molecule has 0 aromatic heterocycles. The predicted molar refractivity (Wildman–Crippen MR) is 103 cm³/mol. The molecule has 1 heterocycles. The van der Waals surface area contributed by atoms with Crippen LogP contribution in [0, 0.1) is 11.7 Å². The van der Waals surface area contributed by atoms with E-state index in [4.69, 9.17) is 4.74 Å². The minimum Gasteiger partial charge on any atom is -0.492 e. The van der Waals surface area contributed by atoms with E-state index in [1.165, 1.54) is 28.6 Å². The molecule has 0 saturated carbocycles. The molecule has 2 aromatic carbocycles. The van der Waals surface area contributed by atoms with Crippen molar-refractivity contribution in [1.29, 1.82) is 0 Å². The van der Waals surface area contributed by atoms with Gasteiger partial charge < -0.3 is 10.1 Å². The molecule has 1 fully saturated rings. The fourth-order valence-electron chi connectivity index (χ4n) is 3.13. The van der Waals surface area contributed by atoms with Gasteiger partial charge in [-0.1, -0.05) is 18.2 Å². The number of ether oxygens (including phenoxy) is 1. The average molecular weight is 406 g/mol. The second kappa shape index (κ2) is 9.16. The molecule has 1 saturated heterocycles. The predicted octanol–water partition coefficient (Wildman–Crippen LogP) is 2.42. The smallest absolute Gasteiger partial charge is 0.243 e. The number of sulfonamides is 1. The third-order valence-electron chi connectivity index (χ3n) is 4.62. The highest BCUT2D eigenvalue weighted by Crippen LogP contribution is 2.23. The van der Waals surface area contributed by atoms with E-state index in [9.17, 15) is 17.6 Å². The van der Waals surface area contributed by atoms with Crippen LogP contribution in [0.15, 0.2) is 59.5 Å². The summed E-state index contributed by atoms with van der Waals surface area (Å²) < 4.78 is 45.2. The first-order chi connectivity index (χ1) is 13.5. The van der Waals surface area contributed by atoms with Gasteiger partial charge in [-0.3, -0.25) is 4.79 Å². The molecule has 8 heteroatoms. The van der Waals surface area contributed by atoms with Crippen LogP contribution in [-0.2, 0) is 14.8 Å². The molecule has 28 heavy (non-hydrogen) atoms. The van der Waals surface area contributed by atoms with Crippen LogP contribution >= 0.6 is 0 Å². The second-order valence-electron chi connectivity index (χ2n) is 6.61. The van der Waals surface area contributed by atoms with E-state index in [0.29, 0.717) is 25.1 Å². The molecular formula is C20H23FN2O4S. The SMILES string of the molecule is O=C(NCCOc1ccc(F)cc1)C1CCCN(S(=O)(=O)c2ccccc2)C1. The summed E-state index contributed by atoms with van der Waals surface area (Å²) in [4.78, 5) is 12.7. The van der Waals surface area contributed by atoms with Crippen molar-refractivity contribution in [1.82, 2.24) is 9.62 Å². The summed E-state index contributed by atoms with van der Waals surface area (Å²) in [5.41, 5.74) is 0. The molecule has 6 nitrogen and oxygen atoms in total. The van der Waals surface area contributed by atoms with E-state index in [1.807, 2.05) is 0 Å². The topological polar surface area (TPSA) is 75.7 Å². The quantitative estimate of drug-likeness (QED) is 0.717. The van der Waals surface area contributed by atoms with Crippen molar-refractivity contribution in [2.75, 3.05) is 26.2 Å². The van der Waals surface area contributed by atoms with Crippen molar-refractivity contribution in [3.8, 4) is 5.75 Å². The first-order valence-corrected chi connectivity index (χ1v) is 10.6. The minimum atomic E-state index is -3.60. The lowest BCUT2D eigenvalue weighted by Gasteiger charge is -2.31. The number of nitrogens with zero attached hydrogens (tertiary/aromatic N) is 1. The molecule has 3 rings (SSSR count). The summed E-state index contributed by atoms with van der Waals surface area (Å²) in [5.74, 6) is -0.393. The Kier molecular flexibility index (Phi) is 6.64. The van der Waals surface area contributed by atoms with Gasteiger partial charge in [-0.25, -0.2) is 12.8 Å². The zero-order valence-electron chi connectivity index (χ0n) is 15.4. The van der Waals surface area contributed by atoms with Crippen LogP contribution in [0.3, 0.4) is 0 Å². The minimum absolute atomic E-state index is 0.169. The summed E-state index contributed by atoms with van der Waals surface area (Å²) in [5, 5.41) is 2.79. The summed E-state index contributed by atoms with van der Waals surface area (Å²) in [6.45, 7) is 1.12. The van der Waals surface area contributed by atoms with Crippen LogP contribution in [0.2, 0.25) is 0 Å². The zero-order valence-corrected chi connectivity index (χ0v) is 16.2. The Morgan fingerprint density at radius 3 is 2.57 bits per heavy atom. The van der Waals surface area contributed by atoms with Crippen LogP contribution in [0.5, 0.6) is 5.75 Å². The number of rotatable bonds is 7. The van der Waals surface area contributed by atoms with Gasteiger partial charge in [-0.2, -0.15) is 4.31 Å². The summed E-state index contributed by atoms with van der Waals surface area (Å²) in [7, 11) is -3.60. The number of piperidine rings is 1. The number of hydrogen-bond acceptors (Lipinski definition) is 4. The standard InChI is InChI=1S/C20H23FN2O4S/c21-17-8-10-18(11-9-17)27-14-12-22-20(24)16-5-4-13-23(15-16)28(25,26)19-6-2-1-3-7-19/h1-3,6-11,16H,4-5,12-15H2,(H,22,24). The third kappa shape index (κ3) is 5.08. The molecule has 1 aliphatic heterocycles. The van der Waals surface area contributed by atoms with Crippen molar-refractivity contribution < 1.29 is 22.3 Å². The summed E-state index contributed by atoms with van der Waals surface area (Å²) in [6, 6.07) is 13.9. The number of carbonyl (C=O) groups excluding carboxylic acids is 1. The molecule has 1 amide bonds. The number of nitrogens with one attached hydrogen (secondary N) is 1. The van der Waals surface area contributed by atoms with Crippen LogP contribution < -0.4 is 10.1 Å². The van der Waals surface area contributed by atoms with Crippen LogP contribution in [0.1, 0.15) is 12.8 Å². The maximum absolute atomic E-state index is 12.9. The Balaban J connectivity index is 1.49. The first-order valence-electron chi connectivity index (χ1n) is 9.18. The average Bonchev–Trinajstić information content (AvgIpc) is 2.73. The maximum atomic E-state index is 12.9. The Bertz CT molecular complexity index is 888. The number of halogens is 1. The largest absolute Gasteiger partial charge is 0.492 e. The van der Waals surface area contributed by atoms with Crippen molar-refractivity contribution in [2.45, 2.75) is 17.7 Å². The van der Waals surface area contributed by atoms with Crippen LogP contribution in [0.25, 0.3) is 0 Å². The fourth-order valence-corrected chi connectivity index (χ4v) is 4.68. The van der Waals surface area contributed by atoms with Gasteiger partial charge in [0.05, 0.1) is 17.4 Å². The molecule has 0 bridgehead atoms. The number of amides is 1. The van der Waals surface area contributed by atoms with E-state index in [0.717, 1.165) is 0 Å². The highest BCUT2D eigenvalue weighted by Gasteiger charge is 2.33. The van der Waals surface area contributed by atoms with Gasteiger partial charge in [0.25, 0.3) is 0 Å². The lowest BCUT2D eigenvalue weighted by Crippen LogP contribution is -2.45. The van der Waals surface area contributed by atoms with Crippen molar-refractivity contribution in [2.24, 2.45) is 5.92 Å². The first kappa shape index (κ1) is 20.3. The van der Waals surface area contributed by atoms with Gasteiger partial charge >= 0.3 is 0 Å². The Morgan fingerprint density at radius 2 is 1.86 bits per heavy atom. The lowest BCUT2D eigenvalue weighted by molar-refractivity contribution is -0.126. The van der Waals surface area contributed by atoms with Crippen LogP contribution in [0.4, 0.5) is 4.39 Å². The molecule has 1 unspecified atom stereocenters. The van der Waals surface area contributed by atoms with Gasteiger partial charge in [-0.05, 0) is 49.2 Å². The zero-order chi connectivity index (χ0) is 20.0. The highest BCUT2D eigenvalue weighted by atomic mass is 32.2. The van der Waals surface area contributed by atoms with Crippen molar-refractivity contribution in [3.63, 3.8) is 0 Å². The van der Waals surface area contributed by atoms with Gasteiger partial charge in [0.1, 0.15) is 18.2 Å². The molecule has 1 N–H and O–H groups in total. The molecular weight excluding hydrogens is 383 g/mol. The molecule has 0 aliphatic carbocycles. The van der Waals surface area contributed by atoms with Gasteiger partial charge in [0.2, 0.25) is 15.9 Å². The van der Waals surface area contributed by atoms with Gasteiger partial charge in [0.15, 0.2) is 0 Å². The summed E-state index contributed by atoms with van der Waals surface area (Å²) >= 11 is 0. The molecule has 1 aliphatic rings. The fraction of sp³-hybridized carbons (Fsp3) is 0.350. The normalized spacial score (nSPS) is 17.8. The lowest BCUT2D eigenvalue weighted by atomic mass is 9.99. The van der Waals surface area contributed by atoms with E-state index in [-0.39, 0.29) is 36.3 Å². The van der Waals surface area contributed by atoms with Gasteiger partial charge in [-0.15, -0.1) is 0 Å². The molecule has 1 atom stereocenters. The van der Waals surface area contributed by atoms with E-state index in [1.54, 1.807) is 30.3 Å². The second-order valence-corrected chi connectivity index (χ2v) is 8.55. The Morgan fingerprint density at radius 1 is 1.14 bits per heavy atom. The van der Waals surface area contributed by atoms with Crippen molar-refractivity contribution >= 4 is 15.9 Å². The Labute approximate surface area is 164 Å². The van der Waals surface area contributed by atoms with E-state index < -0.39 is 15.9 Å². The molecule has 0 radical (unpaired) electrons. The third-order valence-corrected chi connectivity index (χ3v) is 6.50. The Hall–Kier alpha value is -2.45. The van der Waals surface area contributed by atoms with Crippen LogP contribution in [-0.4, -0.2) is 44.9 Å². The van der Waals surface area contributed by atoms with E-state index in [2.05, 4.69) is 5.32 Å². The number of benzene rings is 2. The van der Waals surface area contributed by atoms with Gasteiger partial charge in [0, 0.05) is 13.1 Å².